The predicted molar refractivity (Wildman–Crippen MR) is 98.7 cm³/mol. The molecule has 1 amide bonds. The van der Waals surface area contributed by atoms with Crippen molar-refractivity contribution in [3.05, 3.63) is 24.3 Å². The van der Waals surface area contributed by atoms with Crippen LogP contribution in [0.1, 0.15) is 46.0 Å². The fourth-order valence-corrected chi connectivity index (χ4v) is 5.96. The van der Waals surface area contributed by atoms with E-state index in [4.69, 9.17) is 0 Å². The van der Waals surface area contributed by atoms with E-state index < -0.39 is 10.0 Å². The molecule has 2 saturated carbocycles. The van der Waals surface area contributed by atoms with E-state index in [1.807, 2.05) is 13.8 Å². The van der Waals surface area contributed by atoms with Gasteiger partial charge < -0.3 is 5.32 Å². The Bertz CT molecular complexity index is 711. The average molecular weight is 365 g/mol. The van der Waals surface area contributed by atoms with Gasteiger partial charge in [-0.15, -0.1) is 0 Å². The molecule has 6 heteroatoms. The summed E-state index contributed by atoms with van der Waals surface area (Å²) >= 11 is 0. The van der Waals surface area contributed by atoms with Gasteiger partial charge in [-0.25, -0.2) is 8.42 Å². The molecule has 2 aliphatic rings. The van der Waals surface area contributed by atoms with Crippen LogP contribution < -0.4 is 5.32 Å². The van der Waals surface area contributed by atoms with Gasteiger partial charge in [0, 0.05) is 25.2 Å². The molecule has 1 aromatic rings. The third-order valence-electron chi connectivity index (χ3n) is 5.81. The molecule has 138 valence electrons. The molecule has 0 heterocycles. The fourth-order valence-electron chi connectivity index (χ4n) is 4.50. The lowest BCUT2D eigenvalue weighted by atomic mass is 9.86. The molecule has 5 nitrogen and oxygen atoms in total. The molecule has 1 aromatic carbocycles. The van der Waals surface area contributed by atoms with Crippen molar-refractivity contribution in [2.45, 2.75) is 50.8 Å². The van der Waals surface area contributed by atoms with Gasteiger partial charge in [0.15, 0.2) is 0 Å². The first kappa shape index (κ1) is 18.4. The smallest absolute Gasteiger partial charge is 0.243 e. The number of benzene rings is 1. The van der Waals surface area contributed by atoms with E-state index >= 15 is 0 Å². The lowest BCUT2D eigenvalue weighted by molar-refractivity contribution is -0.117. The highest BCUT2D eigenvalue weighted by atomic mass is 32.2. The van der Waals surface area contributed by atoms with Crippen LogP contribution in [-0.4, -0.2) is 31.7 Å². The lowest BCUT2D eigenvalue weighted by Crippen LogP contribution is -2.30. The van der Waals surface area contributed by atoms with Gasteiger partial charge >= 0.3 is 0 Å². The van der Waals surface area contributed by atoms with Gasteiger partial charge in [-0.05, 0) is 61.3 Å². The minimum Gasteiger partial charge on any atom is -0.326 e. The number of carbonyl (C=O) groups is 1. The molecule has 0 unspecified atom stereocenters. The van der Waals surface area contributed by atoms with E-state index in [1.54, 1.807) is 24.3 Å². The molecule has 3 atom stereocenters. The van der Waals surface area contributed by atoms with Crippen molar-refractivity contribution in [1.29, 1.82) is 0 Å². The Hall–Kier alpha value is -1.40. The van der Waals surface area contributed by atoms with Gasteiger partial charge in [-0.3, -0.25) is 4.79 Å². The van der Waals surface area contributed by atoms with Gasteiger partial charge in [0.05, 0.1) is 4.90 Å². The molecule has 2 aliphatic carbocycles. The van der Waals surface area contributed by atoms with Crippen LogP contribution in [0.15, 0.2) is 29.2 Å². The molecular weight excluding hydrogens is 336 g/mol. The lowest BCUT2D eigenvalue weighted by Gasteiger charge is -2.21. The summed E-state index contributed by atoms with van der Waals surface area (Å²) in [6, 6.07) is 6.49. The van der Waals surface area contributed by atoms with Gasteiger partial charge in [0.1, 0.15) is 0 Å². The highest BCUT2D eigenvalue weighted by Gasteiger charge is 2.40. The maximum absolute atomic E-state index is 12.5. The van der Waals surface area contributed by atoms with Crippen molar-refractivity contribution in [1.82, 2.24) is 4.31 Å². The SMILES string of the molecule is CCN(CC)S(=O)(=O)c1ccc(NC(=O)C[C@@H]2C[C@@H]3CC[C@@H]2C3)cc1. The number of nitrogens with one attached hydrogen (secondary N) is 1. The summed E-state index contributed by atoms with van der Waals surface area (Å²) < 4.78 is 26.4. The number of anilines is 1. The van der Waals surface area contributed by atoms with Crippen molar-refractivity contribution in [2.75, 3.05) is 18.4 Å². The molecule has 25 heavy (non-hydrogen) atoms. The third kappa shape index (κ3) is 3.90. The van der Waals surface area contributed by atoms with Gasteiger partial charge in [0.25, 0.3) is 0 Å². The molecule has 0 saturated heterocycles. The number of hydrogen-bond donors (Lipinski definition) is 1. The number of carbonyl (C=O) groups excluding carboxylic acids is 1. The first-order chi connectivity index (χ1) is 11.9. The highest BCUT2D eigenvalue weighted by molar-refractivity contribution is 7.89. The van der Waals surface area contributed by atoms with Crippen molar-refractivity contribution < 1.29 is 13.2 Å². The van der Waals surface area contributed by atoms with E-state index in [0.717, 1.165) is 11.8 Å². The van der Waals surface area contributed by atoms with Crippen LogP contribution in [0.4, 0.5) is 5.69 Å². The Morgan fingerprint density at radius 1 is 1.12 bits per heavy atom. The Balaban J connectivity index is 1.60. The zero-order chi connectivity index (χ0) is 18.0. The van der Waals surface area contributed by atoms with Crippen LogP contribution in [0.25, 0.3) is 0 Å². The standard InChI is InChI=1S/C19H28N2O3S/c1-3-21(4-2)25(23,24)18-9-7-17(8-10-18)20-19(22)13-16-12-14-5-6-15(16)11-14/h7-10,14-16H,3-6,11-13H2,1-2H3,(H,20,22)/t14-,15-,16+/m1/s1. The Labute approximate surface area is 150 Å². The number of rotatable bonds is 7. The Kier molecular flexibility index (Phi) is 5.49. The third-order valence-corrected chi connectivity index (χ3v) is 7.88. The molecule has 0 aromatic heterocycles. The van der Waals surface area contributed by atoms with E-state index in [-0.39, 0.29) is 10.8 Å². The first-order valence-corrected chi connectivity index (χ1v) is 10.8. The number of nitrogens with zero attached hydrogens (tertiary/aromatic N) is 1. The van der Waals surface area contributed by atoms with E-state index in [0.29, 0.717) is 31.1 Å². The predicted octanol–water partition coefficient (Wildman–Crippen LogP) is 3.48. The number of hydrogen-bond acceptors (Lipinski definition) is 3. The second-order valence-corrected chi connectivity index (χ2v) is 9.24. The molecule has 2 bridgehead atoms. The van der Waals surface area contributed by atoms with Gasteiger partial charge in [-0.1, -0.05) is 20.3 Å². The molecule has 0 aliphatic heterocycles. The van der Waals surface area contributed by atoms with Crippen molar-refractivity contribution in [3.63, 3.8) is 0 Å². The largest absolute Gasteiger partial charge is 0.326 e. The molecule has 0 spiro atoms. The normalized spacial score (nSPS) is 25.5. The van der Waals surface area contributed by atoms with Gasteiger partial charge in [-0.2, -0.15) is 4.31 Å². The van der Waals surface area contributed by atoms with Crippen molar-refractivity contribution in [2.24, 2.45) is 17.8 Å². The van der Waals surface area contributed by atoms with E-state index in [1.165, 1.54) is 30.0 Å². The zero-order valence-corrected chi connectivity index (χ0v) is 15.9. The Morgan fingerprint density at radius 2 is 1.80 bits per heavy atom. The minimum absolute atomic E-state index is 0.0388. The monoisotopic (exact) mass is 364 g/mol. The van der Waals surface area contributed by atoms with Crippen LogP contribution >= 0.6 is 0 Å². The van der Waals surface area contributed by atoms with Crippen LogP contribution in [0, 0.1) is 17.8 Å². The summed E-state index contributed by atoms with van der Waals surface area (Å²) in [6.07, 6.45) is 5.70. The van der Waals surface area contributed by atoms with Crippen LogP contribution in [-0.2, 0) is 14.8 Å². The summed E-state index contributed by atoms with van der Waals surface area (Å²) in [7, 11) is -3.45. The van der Waals surface area contributed by atoms with Gasteiger partial charge in [0.2, 0.25) is 15.9 Å². The van der Waals surface area contributed by atoms with Crippen LogP contribution in [0.3, 0.4) is 0 Å². The van der Waals surface area contributed by atoms with Crippen LogP contribution in [0.2, 0.25) is 0 Å². The van der Waals surface area contributed by atoms with E-state index in [2.05, 4.69) is 5.32 Å². The Morgan fingerprint density at radius 3 is 2.32 bits per heavy atom. The fraction of sp³-hybridized carbons (Fsp3) is 0.632. The second-order valence-electron chi connectivity index (χ2n) is 7.30. The number of fused-ring (bicyclic) bond motifs is 2. The maximum Gasteiger partial charge on any atom is 0.243 e. The zero-order valence-electron chi connectivity index (χ0n) is 15.1. The quantitative estimate of drug-likeness (QED) is 0.805. The van der Waals surface area contributed by atoms with Crippen molar-refractivity contribution >= 4 is 21.6 Å². The highest BCUT2D eigenvalue weighted by Crippen LogP contribution is 2.49. The molecule has 2 fully saturated rings. The summed E-state index contributed by atoms with van der Waals surface area (Å²) in [4.78, 5) is 12.6. The second kappa shape index (κ2) is 7.46. The molecule has 3 rings (SSSR count). The number of sulfonamides is 1. The molecule has 0 radical (unpaired) electrons. The topological polar surface area (TPSA) is 66.5 Å². The summed E-state index contributed by atoms with van der Waals surface area (Å²) in [5.74, 6) is 2.14. The first-order valence-electron chi connectivity index (χ1n) is 9.34. The average Bonchev–Trinajstić information content (AvgIpc) is 3.19. The van der Waals surface area contributed by atoms with Crippen molar-refractivity contribution in [3.8, 4) is 0 Å². The molecular formula is C19H28N2O3S. The molecule has 1 N–H and O–H groups in total. The minimum atomic E-state index is -3.45. The summed E-state index contributed by atoms with van der Waals surface area (Å²) in [5, 5.41) is 2.92. The summed E-state index contributed by atoms with van der Waals surface area (Å²) in [5.41, 5.74) is 0.659. The van der Waals surface area contributed by atoms with E-state index in [9.17, 15) is 13.2 Å². The summed E-state index contributed by atoms with van der Waals surface area (Å²) in [6.45, 7) is 4.54. The number of amides is 1. The maximum atomic E-state index is 12.5. The van der Waals surface area contributed by atoms with Crippen LogP contribution in [0.5, 0.6) is 0 Å².